The van der Waals surface area contributed by atoms with E-state index in [0.29, 0.717) is 23.4 Å². The van der Waals surface area contributed by atoms with E-state index in [-0.39, 0.29) is 18.5 Å². The number of hydrogen-bond donors (Lipinski definition) is 2. The molecule has 0 aliphatic carbocycles. The van der Waals surface area contributed by atoms with E-state index >= 15 is 0 Å². The van der Waals surface area contributed by atoms with Gasteiger partial charge in [-0.05, 0) is 37.1 Å². The van der Waals surface area contributed by atoms with Crippen LogP contribution in [0.3, 0.4) is 0 Å². The van der Waals surface area contributed by atoms with E-state index in [0.717, 1.165) is 26.0 Å². The van der Waals surface area contributed by atoms with E-state index in [4.69, 9.17) is 9.47 Å². The minimum Gasteiger partial charge on any atom is -0.491 e. The molecule has 1 aliphatic heterocycles. The first-order valence-corrected chi connectivity index (χ1v) is 9.05. The average Bonchev–Trinajstić information content (AvgIpc) is 3.20. The van der Waals surface area contributed by atoms with Gasteiger partial charge in [-0.2, -0.15) is 0 Å². The fourth-order valence-electron chi connectivity index (χ4n) is 2.93. The second kappa shape index (κ2) is 9.48. The molecule has 0 spiro atoms. The van der Waals surface area contributed by atoms with Gasteiger partial charge in [0.2, 0.25) is 0 Å². The van der Waals surface area contributed by atoms with Crippen LogP contribution in [0, 0.1) is 0 Å². The standard InChI is InChI=1S/C21H25NO4/c23-18(13-22-14-20-7-4-12-25-20)15-26-19-10-8-17(9-11-19)21(24)16-5-2-1-3-6-16/h1-3,5-6,8-11,18,20,22-23H,4,7,12-15H2/t18-,20+/m1/s1. The number of ketones is 1. The van der Waals surface area contributed by atoms with Gasteiger partial charge >= 0.3 is 0 Å². The van der Waals surface area contributed by atoms with Crippen LogP contribution < -0.4 is 10.1 Å². The van der Waals surface area contributed by atoms with Crippen molar-refractivity contribution in [2.24, 2.45) is 0 Å². The summed E-state index contributed by atoms with van der Waals surface area (Å²) in [6, 6.07) is 16.2. The van der Waals surface area contributed by atoms with Crippen molar-refractivity contribution in [3.8, 4) is 5.75 Å². The lowest BCUT2D eigenvalue weighted by Gasteiger charge is -2.15. The van der Waals surface area contributed by atoms with Gasteiger partial charge in [-0.3, -0.25) is 4.79 Å². The summed E-state index contributed by atoms with van der Waals surface area (Å²) in [6.45, 7) is 2.25. The summed E-state index contributed by atoms with van der Waals surface area (Å²) in [5.74, 6) is 0.614. The fourth-order valence-corrected chi connectivity index (χ4v) is 2.93. The van der Waals surface area contributed by atoms with Crippen LogP contribution in [0.5, 0.6) is 5.75 Å². The number of benzene rings is 2. The van der Waals surface area contributed by atoms with Crippen LogP contribution in [0.25, 0.3) is 0 Å². The molecular weight excluding hydrogens is 330 g/mol. The van der Waals surface area contributed by atoms with E-state index in [1.165, 1.54) is 0 Å². The number of rotatable bonds is 9. The van der Waals surface area contributed by atoms with E-state index in [1.807, 2.05) is 18.2 Å². The molecule has 26 heavy (non-hydrogen) atoms. The van der Waals surface area contributed by atoms with E-state index < -0.39 is 6.10 Å². The number of ether oxygens (including phenoxy) is 2. The van der Waals surface area contributed by atoms with Crippen molar-refractivity contribution < 1.29 is 19.4 Å². The molecule has 138 valence electrons. The maximum atomic E-state index is 12.4. The van der Waals surface area contributed by atoms with Crippen LogP contribution in [0.15, 0.2) is 54.6 Å². The van der Waals surface area contributed by atoms with Crippen LogP contribution in [-0.4, -0.2) is 49.4 Å². The smallest absolute Gasteiger partial charge is 0.193 e. The lowest BCUT2D eigenvalue weighted by molar-refractivity contribution is 0.0881. The first kappa shape index (κ1) is 18.6. The number of aliphatic hydroxyl groups is 1. The fraction of sp³-hybridized carbons (Fsp3) is 0.381. The van der Waals surface area contributed by atoms with E-state index in [1.54, 1.807) is 36.4 Å². The van der Waals surface area contributed by atoms with Gasteiger partial charge in [-0.25, -0.2) is 0 Å². The quantitative estimate of drug-likeness (QED) is 0.676. The Morgan fingerprint density at radius 1 is 1.15 bits per heavy atom. The molecule has 2 atom stereocenters. The minimum atomic E-state index is -0.595. The lowest BCUT2D eigenvalue weighted by Crippen LogP contribution is -2.35. The largest absolute Gasteiger partial charge is 0.491 e. The average molecular weight is 355 g/mol. The summed E-state index contributed by atoms with van der Waals surface area (Å²) >= 11 is 0. The SMILES string of the molecule is O=C(c1ccccc1)c1ccc(OC[C@H](O)CNC[C@@H]2CCCO2)cc1. The van der Waals surface area contributed by atoms with Crippen molar-refractivity contribution in [3.63, 3.8) is 0 Å². The Balaban J connectivity index is 1.41. The third-order valence-corrected chi connectivity index (χ3v) is 4.37. The monoisotopic (exact) mass is 355 g/mol. The zero-order valence-electron chi connectivity index (χ0n) is 14.8. The molecule has 2 N–H and O–H groups in total. The highest BCUT2D eigenvalue weighted by Gasteiger charge is 2.15. The second-order valence-corrected chi connectivity index (χ2v) is 6.48. The van der Waals surface area contributed by atoms with Crippen LogP contribution >= 0.6 is 0 Å². The van der Waals surface area contributed by atoms with Gasteiger partial charge in [-0.15, -0.1) is 0 Å². The Labute approximate surface area is 153 Å². The van der Waals surface area contributed by atoms with Crippen molar-refractivity contribution in [2.75, 3.05) is 26.3 Å². The van der Waals surface area contributed by atoms with E-state index in [2.05, 4.69) is 5.32 Å². The molecule has 2 aromatic carbocycles. The molecular formula is C21H25NO4. The van der Waals surface area contributed by atoms with Crippen molar-refractivity contribution in [2.45, 2.75) is 25.0 Å². The van der Waals surface area contributed by atoms with Gasteiger partial charge in [0, 0.05) is 30.8 Å². The third kappa shape index (κ3) is 5.39. The maximum Gasteiger partial charge on any atom is 0.193 e. The second-order valence-electron chi connectivity index (χ2n) is 6.48. The minimum absolute atomic E-state index is 0.0180. The van der Waals surface area contributed by atoms with Gasteiger partial charge in [0.1, 0.15) is 18.5 Å². The molecule has 2 aromatic rings. The Bertz CT molecular complexity index is 681. The molecule has 5 nitrogen and oxygen atoms in total. The Hall–Kier alpha value is -2.21. The number of carbonyl (C=O) groups excluding carboxylic acids is 1. The van der Waals surface area contributed by atoms with Crippen LogP contribution in [-0.2, 0) is 4.74 Å². The molecule has 0 amide bonds. The highest BCUT2D eigenvalue weighted by Crippen LogP contribution is 2.16. The Morgan fingerprint density at radius 3 is 2.58 bits per heavy atom. The zero-order valence-corrected chi connectivity index (χ0v) is 14.8. The number of nitrogens with one attached hydrogen (secondary N) is 1. The van der Waals surface area contributed by atoms with Crippen molar-refractivity contribution in [1.29, 1.82) is 0 Å². The van der Waals surface area contributed by atoms with Gasteiger partial charge in [-0.1, -0.05) is 30.3 Å². The Morgan fingerprint density at radius 2 is 1.88 bits per heavy atom. The summed E-state index contributed by atoms with van der Waals surface area (Å²) in [4.78, 5) is 12.4. The summed E-state index contributed by atoms with van der Waals surface area (Å²) in [5, 5.41) is 13.2. The highest BCUT2D eigenvalue weighted by atomic mass is 16.5. The summed E-state index contributed by atoms with van der Waals surface area (Å²) in [7, 11) is 0. The Kier molecular flexibility index (Phi) is 6.77. The predicted octanol–water partition coefficient (Wildman–Crippen LogP) is 2.43. The first-order chi connectivity index (χ1) is 12.7. The third-order valence-electron chi connectivity index (χ3n) is 4.37. The molecule has 0 saturated carbocycles. The van der Waals surface area contributed by atoms with Crippen molar-refractivity contribution in [1.82, 2.24) is 5.32 Å². The van der Waals surface area contributed by atoms with Crippen molar-refractivity contribution >= 4 is 5.78 Å². The summed E-state index contributed by atoms with van der Waals surface area (Å²) in [5.41, 5.74) is 1.27. The zero-order chi connectivity index (χ0) is 18.2. The number of hydrogen-bond acceptors (Lipinski definition) is 5. The molecule has 0 radical (unpaired) electrons. The topological polar surface area (TPSA) is 67.8 Å². The first-order valence-electron chi connectivity index (χ1n) is 9.05. The maximum absolute atomic E-state index is 12.4. The van der Waals surface area contributed by atoms with E-state index in [9.17, 15) is 9.90 Å². The van der Waals surface area contributed by atoms with Crippen molar-refractivity contribution in [3.05, 3.63) is 65.7 Å². The molecule has 1 heterocycles. The summed E-state index contributed by atoms with van der Waals surface area (Å²) in [6.07, 6.45) is 1.86. The van der Waals surface area contributed by atoms with Gasteiger partial charge in [0.15, 0.2) is 5.78 Å². The van der Waals surface area contributed by atoms with Crippen LogP contribution in [0.4, 0.5) is 0 Å². The molecule has 3 rings (SSSR count). The number of carbonyl (C=O) groups is 1. The lowest BCUT2D eigenvalue weighted by atomic mass is 10.0. The number of aliphatic hydroxyl groups excluding tert-OH is 1. The van der Waals surface area contributed by atoms with Gasteiger partial charge in [0.25, 0.3) is 0 Å². The molecule has 1 fully saturated rings. The van der Waals surface area contributed by atoms with Gasteiger partial charge in [0.05, 0.1) is 6.10 Å². The molecule has 0 unspecified atom stereocenters. The molecule has 5 heteroatoms. The summed E-state index contributed by atoms with van der Waals surface area (Å²) < 4.78 is 11.1. The molecule has 1 aliphatic rings. The molecule has 0 bridgehead atoms. The van der Waals surface area contributed by atoms with Crippen LogP contribution in [0.1, 0.15) is 28.8 Å². The van der Waals surface area contributed by atoms with Crippen LogP contribution in [0.2, 0.25) is 0 Å². The molecule has 1 saturated heterocycles. The molecule has 0 aromatic heterocycles. The predicted molar refractivity (Wildman–Crippen MR) is 99.7 cm³/mol. The highest BCUT2D eigenvalue weighted by molar-refractivity contribution is 6.08. The van der Waals surface area contributed by atoms with Gasteiger partial charge < -0.3 is 19.9 Å². The normalized spacial score (nSPS) is 17.8.